The van der Waals surface area contributed by atoms with Crippen molar-refractivity contribution in [3.05, 3.63) is 40.9 Å². The smallest absolute Gasteiger partial charge is 0.227 e. The molecular weight excluding hydrogens is 221 g/mol. The van der Waals surface area contributed by atoms with Crippen molar-refractivity contribution in [2.45, 2.75) is 0 Å². The summed E-state index contributed by atoms with van der Waals surface area (Å²) in [6.07, 6.45) is 1.52. The maximum atomic E-state index is 12.9. The molecule has 0 amide bonds. The first-order valence-corrected chi connectivity index (χ1v) is 4.27. The van der Waals surface area contributed by atoms with Gasteiger partial charge in [-0.25, -0.2) is 4.98 Å². The summed E-state index contributed by atoms with van der Waals surface area (Å²) < 4.78 is 13.3. The second-order valence-corrected chi connectivity index (χ2v) is 3.24. The van der Waals surface area contributed by atoms with Crippen LogP contribution in [0.4, 0.5) is 4.39 Å². The normalized spacial score (nSPS) is 10.5. The van der Waals surface area contributed by atoms with Crippen molar-refractivity contribution < 1.29 is 4.39 Å². The molecule has 0 fully saturated rings. The molecule has 2 rings (SSSR count). The highest BCUT2D eigenvalue weighted by Crippen LogP contribution is 2.24. The third-order valence-electron chi connectivity index (χ3n) is 1.70. The van der Waals surface area contributed by atoms with Gasteiger partial charge in [-0.1, -0.05) is 24.3 Å². The molecule has 12 heavy (non-hydrogen) atoms. The molecule has 1 heterocycles. The monoisotopic (exact) mass is 225 g/mol. The van der Waals surface area contributed by atoms with Gasteiger partial charge in [0.25, 0.3) is 0 Å². The van der Waals surface area contributed by atoms with Crippen molar-refractivity contribution in [2.75, 3.05) is 0 Å². The van der Waals surface area contributed by atoms with Gasteiger partial charge in [-0.05, 0) is 15.9 Å². The lowest BCUT2D eigenvalue weighted by Gasteiger charge is -1.99. The minimum atomic E-state index is -0.464. The number of nitrogens with zero attached hydrogens (tertiary/aromatic N) is 1. The summed E-state index contributed by atoms with van der Waals surface area (Å²) in [6, 6.07) is 7.51. The number of benzene rings is 1. The van der Waals surface area contributed by atoms with Crippen LogP contribution in [0.15, 0.2) is 34.9 Å². The van der Waals surface area contributed by atoms with Crippen LogP contribution in [0.1, 0.15) is 0 Å². The number of hydrogen-bond donors (Lipinski definition) is 0. The molecule has 1 aromatic heterocycles. The first kappa shape index (κ1) is 7.68. The third kappa shape index (κ3) is 1.10. The topological polar surface area (TPSA) is 12.9 Å². The van der Waals surface area contributed by atoms with Crippen LogP contribution < -0.4 is 0 Å². The maximum absolute atomic E-state index is 12.9. The Kier molecular flexibility index (Phi) is 1.81. The van der Waals surface area contributed by atoms with E-state index < -0.39 is 5.95 Å². The lowest BCUT2D eigenvalue weighted by molar-refractivity contribution is 0.580. The summed E-state index contributed by atoms with van der Waals surface area (Å²) in [4.78, 5) is 3.59. The highest BCUT2D eigenvalue weighted by Gasteiger charge is 2.03. The molecule has 3 heteroatoms. The van der Waals surface area contributed by atoms with Crippen LogP contribution in [0.5, 0.6) is 0 Å². The fraction of sp³-hybridized carbons (Fsp3) is 0. The molecule has 0 atom stereocenters. The van der Waals surface area contributed by atoms with Crippen molar-refractivity contribution in [2.24, 2.45) is 0 Å². The predicted molar refractivity (Wildman–Crippen MR) is 49.4 cm³/mol. The molecule has 0 saturated heterocycles. The standard InChI is InChI=1S/C9H5BrFN/c10-8-7-4-2-1-3-6(7)5-12-9(8)11/h1-5H. The second kappa shape index (κ2) is 2.83. The Bertz CT molecular complexity index is 428. The molecule has 0 spiro atoms. The summed E-state index contributed by atoms with van der Waals surface area (Å²) in [5, 5.41) is 1.79. The fourth-order valence-corrected chi connectivity index (χ4v) is 1.57. The van der Waals surface area contributed by atoms with Crippen LogP contribution in [-0.4, -0.2) is 4.98 Å². The van der Waals surface area contributed by atoms with Gasteiger partial charge < -0.3 is 0 Å². The van der Waals surface area contributed by atoms with Crippen molar-refractivity contribution in [1.82, 2.24) is 4.98 Å². The zero-order chi connectivity index (χ0) is 8.55. The molecule has 1 nitrogen and oxygen atoms in total. The van der Waals surface area contributed by atoms with Gasteiger partial charge >= 0.3 is 0 Å². The van der Waals surface area contributed by atoms with E-state index in [0.717, 1.165) is 10.8 Å². The van der Waals surface area contributed by atoms with E-state index in [4.69, 9.17) is 0 Å². The average Bonchev–Trinajstić information content (AvgIpc) is 2.12. The number of rotatable bonds is 0. The molecule has 2 aromatic rings. The van der Waals surface area contributed by atoms with Gasteiger partial charge in [-0.3, -0.25) is 0 Å². The Labute approximate surface area is 77.4 Å². The van der Waals surface area contributed by atoms with E-state index >= 15 is 0 Å². The summed E-state index contributed by atoms with van der Waals surface area (Å²) in [7, 11) is 0. The highest BCUT2D eigenvalue weighted by molar-refractivity contribution is 9.10. The van der Waals surface area contributed by atoms with Crippen molar-refractivity contribution in [3.8, 4) is 0 Å². The quantitative estimate of drug-likeness (QED) is 0.629. The van der Waals surface area contributed by atoms with Crippen LogP contribution >= 0.6 is 15.9 Å². The van der Waals surface area contributed by atoms with Crippen molar-refractivity contribution in [3.63, 3.8) is 0 Å². The molecule has 0 aliphatic carbocycles. The van der Waals surface area contributed by atoms with Gasteiger partial charge in [0.1, 0.15) is 0 Å². The van der Waals surface area contributed by atoms with E-state index in [1.54, 1.807) is 0 Å². The molecule has 0 N–H and O–H groups in total. The fourth-order valence-electron chi connectivity index (χ4n) is 1.10. The molecule has 0 aliphatic heterocycles. The van der Waals surface area contributed by atoms with Gasteiger partial charge in [0.2, 0.25) is 5.95 Å². The van der Waals surface area contributed by atoms with Gasteiger partial charge in [-0.2, -0.15) is 4.39 Å². The third-order valence-corrected chi connectivity index (χ3v) is 2.45. The zero-order valence-electron chi connectivity index (χ0n) is 6.09. The van der Waals surface area contributed by atoms with Gasteiger partial charge in [0, 0.05) is 17.0 Å². The summed E-state index contributed by atoms with van der Waals surface area (Å²) >= 11 is 3.14. The first-order chi connectivity index (χ1) is 5.79. The predicted octanol–water partition coefficient (Wildman–Crippen LogP) is 3.14. The molecular formula is C9H5BrFN. The summed E-state index contributed by atoms with van der Waals surface area (Å²) in [6.45, 7) is 0. The van der Waals surface area contributed by atoms with E-state index in [1.165, 1.54) is 6.20 Å². The van der Waals surface area contributed by atoms with Gasteiger partial charge in [0.05, 0.1) is 4.47 Å². The minimum absolute atomic E-state index is 0.431. The first-order valence-electron chi connectivity index (χ1n) is 3.48. The Morgan fingerprint density at radius 2 is 2.00 bits per heavy atom. The van der Waals surface area contributed by atoms with Crippen LogP contribution in [-0.2, 0) is 0 Å². The molecule has 0 bridgehead atoms. The van der Waals surface area contributed by atoms with Crippen molar-refractivity contribution >= 4 is 26.7 Å². The lowest BCUT2D eigenvalue weighted by atomic mass is 10.2. The average molecular weight is 226 g/mol. The molecule has 1 aromatic carbocycles. The molecule has 60 valence electrons. The van der Waals surface area contributed by atoms with E-state index in [1.807, 2.05) is 24.3 Å². The Hall–Kier alpha value is -0.960. The van der Waals surface area contributed by atoms with E-state index in [-0.39, 0.29) is 0 Å². The maximum Gasteiger partial charge on any atom is 0.227 e. The highest BCUT2D eigenvalue weighted by atomic mass is 79.9. The SMILES string of the molecule is Fc1ncc2ccccc2c1Br. The minimum Gasteiger partial charge on any atom is -0.227 e. The van der Waals surface area contributed by atoms with Crippen LogP contribution in [0.2, 0.25) is 0 Å². The zero-order valence-corrected chi connectivity index (χ0v) is 7.68. The Morgan fingerprint density at radius 1 is 1.25 bits per heavy atom. The number of fused-ring (bicyclic) bond motifs is 1. The van der Waals surface area contributed by atoms with Crippen molar-refractivity contribution in [1.29, 1.82) is 0 Å². The Balaban J connectivity index is 2.91. The number of pyridine rings is 1. The van der Waals surface area contributed by atoms with Crippen LogP contribution in [0, 0.1) is 5.95 Å². The Morgan fingerprint density at radius 3 is 2.83 bits per heavy atom. The van der Waals surface area contributed by atoms with Crippen LogP contribution in [0.3, 0.4) is 0 Å². The molecule has 0 radical (unpaired) electrons. The van der Waals surface area contributed by atoms with E-state index in [0.29, 0.717) is 4.47 Å². The van der Waals surface area contributed by atoms with E-state index in [9.17, 15) is 4.39 Å². The van der Waals surface area contributed by atoms with Gasteiger partial charge in [0.15, 0.2) is 0 Å². The lowest BCUT2D eigenvalue weighted by Crippen LogP contribution is -1.84. The molecule has 0 saturated carbocycles. The van der Waals surface area contributed by atoms with Gasteiger partial charge in [-0.15, -0.1) is 0 Å². The summed E-state index contributed by atoms with van der Waals surface area (Å²) in [5.74, 6) is -0.464. The van der Waals surface area contributed by atoms with Crippen LogP contribution in [0.25, 0.3) is 10.8 Å². The second-order valence-electron chi connectivity index (χ2n) is 2.45. The number of aromatic nitrogens is 1. The number of hydrogen-bond acceptors (Lipinski definition) is 1. The molecule has 0 unspecified atom stereocenters. The molecule has 0 aliphatic rings. The summed E-state index contributed by atoms with van der Waals surface area (Å²) in [5.41, 5.74) is 0. The largest absolute Gasteiger partial charge is 0.227 e. The van der Waals surface area contributed by atoms with E-state index in [2.05, 4.69) is 20.9 Å². The number of halogens is 2.